The maximum absolute atomic E-state index is 6.28. The van der Waals surface area contributed by atoms with E-state index >= 15 is 0 Å². The predicted octanol–water partition coefficient (Wildman–Crippen LogP) is 4.40. The van der Waals surface area contributed by atoms with E-state index in [1.165, 1.54) is 31.2 Å². The van der Waals surface area contributed by atoms with Crippen molar-refractivity contribution >= 4 is 31.9 Å². The van der Waals surface area contributed by atoms with E-state index in [1.54, 1.807) is 0 Å². The highest BCUT2D eigenvalue weighted by atomic mass is 79.9. The smallest absolute Gasteiger partial charge is 0.0323 e. The highest BCUT2D eigenvalue weighted by Gasteiger charge is 2.23. The SMILES string of the molecule is N[C@@H](c1ccc(Br)c(Br)c1)C1CCCC1. The average molecular weight is 333 g/mol. The predicted molar refractivity (Wildman–Crippen MR) is 70.7 cm³/mol. The fraction of sp³-hybridized carbons (Fsp3) is 0.500. The molecule has 0 bridgehead atoms. The van der Waals surface area contributed by atoms with Crippen LogP contribution in [-0.4, -0.2) is 0 Å². The first-order chi connectivity index (χ1) is 7.18. The Balaban J connectivity index is 2.17. The van der Waals surface area contributed by atoms with Gasteiger partial charge in [-0.3, -0.25) is 0 Å². The molecule has 0 radical (unpaired) electrons. The first kappa shape index (κ1) is 11.6. The maximum atomic E-state index is 6.28. The van der Waals surface area contributed by atoms with E-state index in [2.05, 4.69) is 50.1 Å². The second-order valence-electron chi connectivity index (χ2n) is 4.24. The molecule has 1 aromatic carbocycles. The summed E-state index contributed by atoms with van der Waals surface area (Å²) in [5.74, 6) is 0.679. The van der Waals surface area contributed by atoms with Gasteiger partial charge in [-0.05, 0) is 68.3 Å². The Morgan fingerprint density at radius 2 is 1.80 bits per heavy atom. The lowest BCUT2D eigenvalue weighted by Gasteiger charge is -2.19. The summed E-state index contributed by atoms with van der Waals surface area (Å²) in [6.45, 7) is 0. The molecule has 1 nitrogen and oxygen atoms in total. The molecular weight excluding hydrogens is 318 g/mol. The number of hydrogen-bond donors (Lipinski definition) is 1. The molecule has 1 saturated carbocycles. The Morgan fingerprint density at radius 1 is 1.13 bits per heavy atom. The minimum atomic E-state index is 0.205. The van der Waals surface area contributed by atoms with Crippen molar-refractivity contribution in [2.75, 3.05) is 0 Å². The second-order valence-corrected chi connectivity index (χ2v) is 5.95. The van der Waals surface area contributed by atoms with Gasteiger partial charge in [0.1, 0.15) is 0 Å². The maximum Gasteiger partial charge on any atom is 0.0323 e. The van der Waals surface area contributed by atoms with Gasteiger partial charge in [0.2, 0.25) is 0 Å². The highest BCUT2D eigenvalue weighted by molar-refractivity contribution is 9.13. The molecule has 0 aliphatic heterocycles. The summed E-state index contributed by atoms with van der Waals surface area (Å²) in [6.07, 6.45) is 5.26. The number of rotatable bonds is 2. The molecule has 0 amide bonds. The Kier molecular flexibility index (Phi) is 3.86. The summed E-state index contributed by atoms with van der Waals surface area (Å²) in [5.41, 5.74) is 7.53. The third-order valence-electron chi connectivity index (χ3n) is 3.24. The Bertz CT molecular complexity index is 345. The molecule has 1 aromatic rings. The number of benzene rings is 1. The largest absolute Gasteiger partial charge is 0.324 e. The zero-order chi connectivity index (χ0) is 10.8. The molecule has 0 heterocycles. The lowest BCUT2D eigenvalue weighted by molar-refractivity contribution is 0.445. The fourth-order valence-electron chi connectivity index (χ4n) is 2.31. The second kappa shape index (κ2) is 4.98. The van der Waals surface area contributed by atoms with E-state index in [0.717, 1.165) is 8.95 Å². The summed E-state index contributed by atoms with van der Waals surface area (Å²) < 4.78 is 2.18. The van der Waals surface area contributed by atoms with Gasteiger partial charge in [-0.15, -0.1) is 0 Å². The van der Waals surface area contributed by atoms with Gasteiger partial charge in [0.15, 0.2) is 0 Å². The van der Waals surface area contributed by atoms with E-state index in [1.807, 2.05) is 0 Å². The van der Waals surface area contributed by atoms with Crippen molar-refractivity contribution < 1.29 is 0 Å². The van der Waals surface area contributed by atoms with E-state index in [4.69, 9.17) is 5.73 Å². The van der Waals surface area contributed by atoms with Gasteiger partial charge in [0.25, 0.3) is 0 Å². The van der Waals surface area contributed by atoms with Crippen LogP contribution in [0.1, 0.15) is 37.3 Å². The molecule has 1 atom stereocenters. The fourth-order valence-corrected chi connectivity index (χ4v) is 2.95. The van der Waals surface area contributed by atoms with Crippen molar-refractivity contribution in [3.05, 3.63) is 32.7 Å². The van der Waals surface area contributed by atoms with E-state index in [0.29, 0.717) is 5.92 Å². The lowest BCUT2D eigenvalue weighted by Crippen LogP contribution is -2.18. The monoisotopic (exact) mass is 331 g/mol. The van der Waals surface area contributed by atoms with Crippen LogP contribution in [0.3, 0.4) is 0 Å². The quantitative estimate of drug-likeness (QED) is 0.853. The van der Waals surface area contributed by atoms with E-state index < -0.39 is 0 Å². The van der Waals surface area contributed by atoms with Gasteiger partial charge in [-0.2, -0.15) is 0 Å². The van der Waals surface area contributed by atoms with Gasteiger partial charge in [0.05, 0.1) is 0 Å². The molecule has 82 valence electrons. The minimum Gasteiger partial charge on any atom is -0.324 e. The molecule has 1 aliphatic rings. The van der Waals surface area contributed by atoms with E-state index in [-0.39, 0.29) is 6.04 Å². The minimum absolute atomic E-state index is 0.205. The van der Waals surface area contributed by atoms with Crippen LogP contribution >= 0.6 is 31.9 Å². The summed E-state index contributed by atoms with van der Waals surface area (Å²) in [5, 5.41) is 0. The molecular formula is C12H15Br2N. The summed E-state index contributed by atoms with van der Waals surface area (Å²) >= 11 is 6.99. The number of halogens is 2. The average Bonchev–Trinajstić information content (AvgIpc) is 2.74. The third-order valence-corrected chi connectivity index (χ3v) is 5.12. The highest BCUT2D eigenvalue weighted by Crippen LogP contribution is 2.35. The van der Waals surface area contributed by atoms with Gasteiger partial charge in [-0.1, -0.05) is 18.9 Å². The molecule has 0 aromatic heterocycles. The van der Waals surface area contributed by atoms with Crippen molar-refractivity contribution in [1.82, 2.24) is 0 Å². The zero-order valence-corrected chi connectivity index (χ0v) is 11.7. The van der Waals surface area contributed by atoms with Crippen molar-refractivity contribution in [1.29, 1.82) is 0 Å². The van der Waals surface area contributed by atoms with Crippen LogP contribution in [0.15, 0.2) is 27.1 Å². The van der Waals surface area contributed by atoms with Gasteiger partial charge in [-0.25, -0.2) is 0 Å². The molecule has 1 fully saturated rings. The van der Waals surface area contributed by atoms with Crippen molar-refractivity contribution in [3.8, 4) is 0 Å². The normalized spacial score (nSPS) is 19.4. The molecule has 2 N–H and O–H groups in total. The number of nitrogens with two attached hydrogens (primary N) is 1. The molecule has 0 spiro atoms. The summed E-state index contributed by atoms with van der Waals surface area (Å²) in [7, 11) is 0. The van der Waals surface area contributed by atoms with E-state index in [9.17, 15) is 0 Å². The molecule has 0 unspecified atom stereocenters. The van der Waals surface area contributed by atoms with Crippen LogP contribution in [-0.2, 0) is 0 Å². The Morgan fingerprint density at radius 3 is 2.40 bits per heavy atom. The molecule has 1 aliphatic carbocycles. The first-order valence-electron chi connectivity index (χ1n) is 5.39. The van der Waals surface area contributed by atoms with Crippen LogP contribution in [0.25, 0.3) is 0 Å². The third kappa shape index (κ3) is 2.63. The first-order valence-corrected chi connectivity index (χ1v) is 6.97. The molecule has 2 rings (SSSR count). The van der Waals surface area contributed by atoms with Crippen molar-refractivity contribution in [2.45, 2.75) is 31.7 Å². The van der Waals surface area contributed by atoms with Crippen molar-refractivity contribution in [2.24, 2.45) is 11.7 Å². The number of hydrogen-bond acceptors (Lipinski definition) is 1. The van der Waals surface area contributed by atoms with Gasteiger partial charge >= 0.3 is 0 Å². The van der Waals surface area contributed by atoms with Crippen LogP contribution in [0, 0.1) is 5.92 Å². The van der Waals surface area contributed by atoms with Gasteiger partial charge < -0.3 is 5.73 Å². The van der Waals surface area contributed by atoms with Crippen LogP contribution in [0.2, 0.25) is 0 Å². The lowest BCUT2D eigenvalue weighted by atomic mass is 9.93. The van der Waals surface area contributed by atoms with Gasteiger partial charge in [0, 0.05) is 15.0 Å². The molecule has 0 saturated heterocycles. The summed E-state index contributed by atoms with van der Waals surface area (Å²) in [4.78, 5) is 0. The zero-order valence-electron chi connectivity index (χ0n) is 8.55. The van der Waals surface area contributed by atoms with Crippen LogP contribution in [0.5, 0.6) is 0 Å². The Labute approximate surface area is 108 Å². The molecule has 15 heavy (non-hydrogen) atoms. The standard InChI is InChI=1S/C12H15Br2N/c13-10-6-5-9(7-11(10)14)12(15)8-3-1-2-4-8/h5-8,12H,1-4,15H2/t12-/m1/s1. The van der Waals surface area contributed by atoms with Crippen molar-refractivity contribution in [3.63, 3.8) is 0 Å². The topological polar surface area (TPSA) is 26.0 Å². The van der Waals surface area contributed by atoms with Crippen LogP contribution < -0.4 is 5.73 Å². The molecule has 3 heteroatoms. The Hall–Kier alpha value is 0.140. The van der Waals surface area contributed by atoms with Crippen LogP contribution in [0.4, 0.5) is 0 Å². The summed E-state index contributed by atoms with van der Waals surface area (Å²) in [6, 6.07) is 6.52.